The fourth-order valence-corrected chi connectivity index (χ4v) is 15.1. The summed E-state index contributed by atoms with van der Waals surface area (Å²) in [6.45, 7) is 12.7. The molecule has 0 bridgehead atoms. The molecule has 8 N–H and O–H groups in total. The van der Waals surface area contributed by atoms with Crippen molar-refractivity contribution in [2.24, 2.45) is 5.73 Å². The number of hydrogen-bond donors (Lipinski definition) is 7. The van der Waals surface area contributed by atoms with Gasteiger partial charge in [0.05, 0.1) is 92.7 Å². The summed E-state index contributed by atoms with van der Waals surface area (Å²) in [6, 6.07) is 12.8. The van der Waals surface area contributed by atoms with Crippen LogP contribution < -0.4 is 21.1 Å². The molecule has 3 aromatic carbocycles. The van der Waals surface area contributed by atoms with Gasteiger partial charge in [-0.2, -0.15) is 0 Å². The van der Waals surface area contributed by atoms with Crippen LogP contribution in [-0.2, 0) is 67.6 Å². The van der Waals surface area contributed by atoms with E-state index in [1.165, 1.54) is 12.8 Å². The number of likely N-dealkylation sites (tertiary alicyclic amines) is 3. The number of ether oxygens (including phenoxy) is 1. The number of likely N-dealkylation sites (N-methyl/N-ethyl adjacent to an activating group) is 3. The average molecular weight is 1570 g/mol. The summed E-state index contributed by atoms with van der Waals surface area (Å²) in [4.78, 5) is 105. The number of rotatable bonds is 26. The monoisotopic (exact) mass is 1560 g/mol. The zero-order valence-electron chi connectivity index (χ0n) is 57.4. The molecule has 6 fully saturated rings. The lowest BCUT2D eigenvalue weighted by Gasteiger charge is -2.46. The maximum Gasteiger partial charge on any atom is 0.326 e. The first-order valence-electron chi connectivity index (χ1n) is 33.8. The number of nitrogens with zero attached hydrogens (tertiary/aromatic N) is 9. The highest BCUT2D eigenvalue weighted by Gasteiger charge is 2.40. The molecular weight excluding hydrogens is 1470 g/mol. The first kappa shape index (κ1) is 83.3. The van der Waals surface area contributed by atoms with Crippen LogP contribution in [0, 0.1) is 0 Å². The van der Waals surface area contributed by atoms with Gasteiger partial charge in [-0.1, -0.05) is 87.8 Å². The molecule has 26 nitrogen and oxygen atoms in total. The quantitative estimate of drug-likeness (QED) is 0.0423. The van der Waals surface area contributed by atoms with E-state index < -0.39 is 58.8 Å². The number of nitrogens with one attached hydrogen (secondary N) is 3. The first-order chi connectivity index (χ1) is 47.8. The summed E-state index contributed by atoms with van der Waals surface area (Å²) >= 11 is 41.6. The van der Waals surface area contributed by atoms with Crippen molar-refractivity contribution in [3.63, 3.8) is 0 Å². The number of halogens is 6. The van der Waals surface area contributed by atoms with Crippen molar-refractivity contribution in [3.8, 4) is 0 Å². The molecule has 0 unspecified atom stereocenters. The normalized spacial score (nSPS) is 22.5. The van der Waals surface area contributed by atoms with Gasteiger partial charge in [-0.05, 0) is 164 Å². The van der Waals surface area contributed by atoms with E-state index in [1.54, 1.807) is 48.5 Å². The molecule has 0 aromatic heterocycles. The zero-order chi connectivity index (χ0) is 73.8. The van der Waals surface area contributed by atoms with Gasteiger partial charge in [0.15, 0.2) is 5.11 Å². The minimum atomic E-state index is -3.29. The van der Waals surface area contributed by atoms with Gasteiger partial charge in [0.2, 0.25) is 27.7 Å². The van der Waals surface area contributed by atoms with E-state index in [2.05, 4.69) is 44.8 Å². The van der Waals surface area contributed by atoms with Crippen LogP contribution in [0.2, 0.25) is 30.1 Å². The number of sulfonamides is 1. The molecule has 0 aliphatic carbocycles. The summed E-state index contributed by atoms with van der Waals surface area (Å²) in [5, 5.41) is 35.2. The van der Waals surface area contributed by atoms with Crippen molar-refractivity contribution < 1.29 is 62.0 Å². The summed E-state index contributed by atoms with van der Waals surface area (Å²) in [5.41, 5.74) is 7.99. The standard InChI is InChI=1S/C24H33Cl2N5O5S.C23H32Cl2N4O5.C20H30Cl2N4O3S/c1-29-12-17(13-30-6-2-3-7-30)31(21(32)9-15-4-5-18(25)19(26)8-15)14-16(29)11-27-24(37)28-20(23(35)36)10-22(33)34;1-27-11-16(12-28-6-2-3-7-28)29(21(30)9-15-4-5-18(24)19(25)8-15)13-17(27)14-34-23(33)20(26)10-22(31)32;1-24-12-17(13-25-7-3-4-8-25)26(14-16(24)11-23-30(2,28)29)20(27)10-15-5-6-18(21)19(22)9-15/h4-5,8,16-17,20H,2-3,6-7,9-14H2,1H3,(H,33,34)(H,35,36)(H2,27,28,37);4-5,8,16-17,20H,2-3,6-7,9-14,26H2,1H3,(H,31,32);5-6,9,16-17,23H,3-4,7-8,10-14H2,1-2H3/t16-,17-,20-;16-,17+,20+;16-,17-/m000/s1. The minimum Gasteiger partial charge on any atom is -0.481 e. The molecule has 3 aromatic rings. The van der Waals surface area contributed by atoms with Gasteiger partial charge in [-0.3, -0.25) is 43.5 Å². The average Bonchev–Trinajstić information content (AvgIpc) is 1.67. The van der Waals surface area contributed by atoms with Crippen LogP contribution in [0.25, 0.3) is 0 Å². The molecule has 0 radical (unpaired) electrons. The topological polar surface area (TPSA) is 315 Å². The Kier molecular flexibility index (Phi) is 32.9. The number of aliphatic carboxylic acids is 3. The van der Waals surface area contributed by atoms with E-state index in [0.29, 0.717) is 75.9 Å². The zero-order valence-corrected chi connectivity index (χ0v) is 63.6. The number of piperazine rings is 3. The second-order valence-corrected chi connectivity index (χ2v) is 31.7. The predicted octanol–water partition coefficient (Wildman–Crippen LogP) is 4.72. The number of carbonyl (C=O) groups excluding carboxylic acids is 4. The molecular formula is C67H95Cl6N13O13S2. The Morgan fingerprint density at radius 2 is 0.871 bits per heavy atom. The fourth-order valence-electron chi connectivity index (χ4n) is 13.5. The molecule has 9 rings (SSSR count). The molecule has 101 heavy (non-hydrogen) atoms. The number of hydrogen-bond acceptors (Lipinski definition) is 18. The molecule has 34 heteroatoms. The Hall–Kier alpha value is -4.99. The number of benzene rings is 3. The van der Waals surface area contributed by atoms with E-state index in [-0.39, 0.29) is 91.5 Å². The van der Waals surface area contributed by atoms with Crippen molar-refractivity contribution in [2.45, 2.75) is 119 Å². The SMILES string of the molecule is CN1C[C@@H](CN2CCCC2)N(C(=O)Cc2ccc(Cl)c(Cl)c2)C[C@@H]1CNC(=S)N[C@@H](CC(=O)O)C(=O)O.CN1C[C@@H](CN2CCCC2)N(C(=O)Cc2ccc(Cl)c(Cl)c2)C[C@@H]1CNS(C)(=O)=O.CN1C[C@@H](CN2CCCC2)N(C(=O)Cc2ccc(Cl)c(Cl)c2)C[C@@H]1COC(=O)[C@H](N)CC(=O)O. The largest absolute Gasteiger partial charge is 0.481 e. The van der Waals surface area contributed by atoms with Crippen molar-refractivity contribution in [2.75, 3.05) is 145 Å². The van der Waals surface area contributed by atoms with Crippen LogP contribution in [0.4, 0.5) is 0 Å². The van der Waals surface area contributed by atoms with Gasteiger partial charge in [-0.25, -0.2) is 17.9 Å². The molecule has 6 aliphatic heterocycles. The van der Waals surface area contributed by atoms with E-state index in [9.17, 15) is 47.1 Å². The van der Waals surface area contributed by atoms with E-state index in [0.717, 1.165) is 108 Å². The Bertz CT molecular complexity index is 3470. The smallest absolute Gasteiger partial charge is 0.326 e. The van der Waals surface area contributed by atoms with Gasteiger partial charge in [0.1, 0.15) is 18.7 Å². The molecule has 8 atom stereocenters. The number of esters is 1. The highest BCUT2D eigenvalue weighted by Crippen LogP contribution is 2.29. The van der Waals surface area contributed by atoms with Crippen LogP contribution in [0.5, 0.6) is 0 Å². The summed E-state index contributed by atoms with van der Waals surface area (Å²) in [7, 11) is 2.63. The lowest BCUT2D eigenvalue weighted by molar-refractivity contribution is -0.152. The first-order valence-corrected chi connectivity index (χ1v) is 38.4. The van der Waals surface area contributed by atoms with Crippen LogP contribution in [0.3, 0.4) is 0 Å². The highest BCUT2D eigenvalue weighted by molar-refractivity contribution is 7.88. The van der Waals surface area contributed by atoms with Crippen molar-refractivity contribution in [1.29, 1.82) is 0 Å². The third-order valence-electron chi connectivity index (χ3n) is 19.1. The Morgan fingerprint density at radius 1 is 0.525 bits per heavy atom. The molecule has 6 saturated heterocycles. The van der Waals surface area contributed by atoms with Crippen LogP contribution >= 0.6 is 81.8 Å². The van der Waals surface area contributed by atoms with Crippen LogP contribution in [-0.4, -0.2) is 308 Å². The number of carboxylic acids is 3. The van der Waals surface area contributed by atoms with Gasteiger partial charge in [-0.15, -0.1) is 0 Å². The van der Waals surface area contributed by atoms with Crippen molar-refractivity contribution >= 4 is 139 Å². The Labute approximate surface area is 627 Å². The lowest BCUT2D eigenvalue weighted by Crippen LogP contribution is -2.64. The Morgan fingerprint density at radius 3 is 1.21 bits per heavy atom. The van der Waals surface area contributed by atoms with E-state index >= 15 is 0 Å². The van der Waals surface area contributed by atoms with Gasteiger partial charge in [0.25, 0.3) is 0 Å². The highest BCUT2D eigenvalue weighted by atomic mass is 35.5. The molecule has 6 heterocycles. The maximum absolute atomic E-state index is 13.5. The minimum absolute atomic E-state index is 0.000379. The van der Waals surface area contributed by atoms with E-state index in [1.807, 2.05) is 41.9 Å². The van der Waals surface area contributed by atoms with Crippen molar-refractivity contribution in [1.82, 2.24) is 59.5 Å². The fraction of sp³-hybridized carbons (Fsp3) is 0.612. The van der Waals surface area contributed by atoms with Gasteiger partial charge >= 0.3 is 23.9 Å². The number of carboxylic acid groups (broad SMARTS) is 3. The summed E-state index contributed by atoms with van der Waals surface area (Å²) < 4.78 is 31.0. The lowest BCUT2D eigenvalue weighted by atomic mass is 10.0. The maximum atomic E-state index is 13.5. The molecule has 0 spiro atoms. The number of amides is 3. The third-order valence-corrected chi connectivity index (χ3v) is 22.2. The number of thiocarbonyl (C=S) groups is 1. The Balaban J connectivity index is 0.000000214. The molecule has 6 aliphatic rings. The van der Waals surface area contributed by atoms with Crippen LogP contribution in [0.15, 0.2) is 54.6 Å². The number of carbonyl (C=O) groups is 7. The molecule has 3 amide bonds. The second kappa shape index (κ2) is 39.9. The van der Waals surface area contributed by atoms with Gasteiger partial charge in [0, 0.05) is 84.1 Å². The summed E-state index contributed by atoms with van der Waals surface area (Å²) in [5.74, 6) is -4.48. The molecule has 560 valence electrons. The third kappa shape index (κ3) is 26.8. The number of nitrogens with two attached hydrogens (primary N) is 1. The predicted molar refractivity (Wildman–Crippen MR) is 395 cm³/mol. The van der Waals surface area contributed by atoms with Crippen molar-refractivity contribution in [3.05, 3.63) is 101 Å². The van der Waals surface area contributed by atoms with Gasteiger partial charge < -0.3 is 65.8 Å². The second-order valence-electron chi connectivity index (χ2n) is 27.0. The summed E-state index contributed by atoms with van der Waals surface area (Å²) in [6.07, 6.45) is 7.72. The van der Waals surface area contributed by atoms with Crippen LogP contribution in [0.1, 0.15) is 68.1 Å². The van der Waals surface area contributed by atoms with E-state index in [4.69, 9.17) is 103 Å². The molecule has 0 saturated carbocycles.